The van der Waals surface area contributed by atoms with E-state index in [-0.39, 0.29) is 0 Å². The van der Waals surface area contributed by atoms with Gasteiger partial charge in [0.1, 0.15) is 0 Å². The lowest BCUT2D eigenvalue weighted by Crippen LogP contribution is -2.03. The first-order valence-electron chi connectivity index (χ1n) is 10.7. The first-order chi connectivity index (χ1) is 15.6. The highest BCUT2D eigenvalue weighted by Crippen LogP contribution is 2.42. The van der Waals surface area contributed by atoms with E-state index in [9.17, 15) is 13.2 Å². The number of pyridine rings is 1. The largest absolute Gasteiger partial charge is 0.416 e. The van der Waals surface area contributed by atoms with E-state index in [1.807, 2.05) is 68.4 Å². The molecule has 0 spiro atoms. The molecule has 0 aliphatic heterocycles. The number of benzene rings is 3. The molecule has 2 heterocycles. The topological polar surface area (TPSA) is 12.9 Å². The Hall–Kier alpha value is -3.18. The first-order valence-corrected chi connectivity index (χ1v) is 11.0. The van der Waals surface area contributed by atoms with Crippen LogP contribution in [0.15, 0.2) is 79.0 Å². The second-order valence-electron chi connectivity index (χ2n) is 7.92. The molecular formula is C27H20F3NS. The summed E-state index contributed by atoms with van der Waals surface area (Å²) in [7, 11) is 0. The summed E-state index contributed by atoms with van der Waals surface area (Å²) in [6, 6.07) is 21.2. The van der Waals surface area contributed by atoms with Crippen LogP contribution in [0.25, 0.3) is 31.4 Å². The zero-order valence-electron chi connectivity index (χ0n) is 18.5. The van der Waals surface area contributed by atoms with E-state index >= 15 is 0 Å². The molecule has 0 aliphatic carbocycles. The third-order valence-corrected chi connectivity index (χ3v) is 6.96. The van der Waals surface area contributed by atoms with Crippen molar-refractivity contribution in [1.29, 1.82) is 0 Å². The minimum atomic E-state index is -4.38. The van der Waals surface area contributed by atoms with Gasteiger partial charge in [0, 0.05) is 39.2 Å². The molecule has 2 aromatic heterocycles. The van der Waals surface area contributed by atoms with Crippen molar-refractivity contribution in [1.82, 2.24) is 4.98 Å². The molecule has 3 aromatic carbocycles. The number of hydrogen-bond acceptors (Lipinski definition) is 2. The van der Waals surface area contributed by atoms with Gasteiger partial charge in [-0.1, -0.05) is 55.0 Å². The smallest absolute Gasteiger partial charge is 0.256 e. The molecule has 1 nitrogen and oxygen atoms in total. The van der Waals surface area contributed by atoms with Gasteiger partial charge in [-0.25, -0.2) is 0 Å². The molecule has 1 unspecified atom stereocenters. The van der Waals surface area contributed by atoms with Crippen LogP contribution in [0.2, 0.25) is 0 Å². The normalized spacial score (nSPS) is 14.5. The fourth-order valence-corrected chi connectivity index (χ4v) is 5.24. The van der Waals surface area contributed by atoms with Crippen molar-refractivity contribution in [3.05, 3.63) is 101 Å². The number of thiophene rings is 1. The lowest BCUT2D eigenvalue weighted by molar-refractivity contribution is -0.137. The van der Waals surface area contributed by atoms with Gasteiger partial charge < -0.3 is 0 Å². The van der Waals surface area contributed by atoms with E-state index in [4.69, 9.17) is 1.37 Å². The molecule has 0 saturated carbocycles. The van der Waals surface area contributed by atoms with Gasteiger partial charge in [-0.05, 0) is 48.4 Å². The first kappa shape index (κ1) is 19.5. The van der Waals surface area contributed by atoms with Crippen molar-refractivity contribution in [2.75, 3.05) is 0 Å². The number of aromatic nitrogens is 1. The summed E-state index contributed by atoms with van der Waals surface area (Å²) in [6.45, 7) is 3.86. The summed E-state index contributed by atoms with van der Waals surface area (Å²) in [4.78, 5) is 4.55. The number of fused-ring (bicyclic) bond motifs is 3. The van der Waals surface area contributed by atoms with Gasteiger partial charge in [0.2, 0.25) is 0 Å². The highest BCUT2D eigenvalue weighted by molar-refractivity contribution is 7.26. The Morgan fingerprint density at radius 2 is 1.69 bits per heavy atom. The molecule has 0 radical (unpaired) electrons. The van der Waals surface area contributed by atoms with Crippen LogP contribution >= 0.6 is 11.3 Å². The number of rotatable bonds is 3. The van der Waals surface area contributed by atoms with Crippen LogP contribution in [0.1, 0.15) is 36.4 Å². The van der Waals surface area contributed by atoms with Gasteiger partial charge in [-0.3, -0.25) is 4.98 Å². The zero-order valence-corrected chi connectivity index (χ0v) is 18.3. The van der Waals surface area contributed by atoms with E-state index in [0.717, 1.165) is 43.1 Å². The van der Waals surface area contributed by atoms with Crippen LogP contribution in [0.3, 0.4) is 0 Å². The number of halogens is 3. The van der Waals surface area contributed by atoms with Crippen molar-refractivity contribution in [2.24, 2.45) is 0 Å². The summed E-state index contributed by atoms with van der Waals surface area (Å²) in [5.74, 6) is -0.973. The molecule has 0 saturated heterocycles. The Labute approximate surface area is 189 Å². The molecule has 0 aliphatic rings. The summed E-state index contributed by atoms with van der Waals surface area (Å²) in [5.41, 5.74) is 3.68. The maximum absolute atomic E-state index is 13.3. The second kappa shape index (κ2) is 7.75. The summed E-state index contributed by atoms with van der Waals surface area (Å²) in [6.07, 6.45) is -2.69. The third kappa shape index (κ3) is 3.67. The van der Waals surface area contributed by atoms with E-state index in [1.54, 1.807) is 6.20 Å². The highest BCUT2D eigenvalue weighted by Gasteiger charge is 2.30. The van der Waals surface area contributed by atoms with Crippen molar-refractivity contribution in [3.63, 3.8) is 0 Å². The minimum absolute atomic E-state index is 0.591. The fraction of sp³-hybridized carbons (Fsp3) is 0.148. The van der Waals surface area contributed by atoms with Gasteiger partial charge in [-0.2, -0.15) is 13.2 Å². The Balaban J connectivity index is 1.66. The van der Waals surface area contributed by atoms with Crippen molar-refractivity contribution in [3.8, 4) is 11.3 Å². The number of hydrogen-bond donors (Lipinski definition) is 0. The van der Waals surface area contributed by atoms with Crippen molar-refractivity contribution in [2.45, 2.75) is 25.9 Å². The van der Waals surface area contributed by atoms with Gasteiger partial charge in [0.25, 0.3) is 0 Å². The Bertz CT molecular complexity index is 1500. The predicted molar refractivity (Wildman–Crippen MR) is 126 cm³/mol. The van der Waals surface area contributed by atoms with Crippen LogP contribution in [0.5, 0.6) is 0 Å². The molecule has 5 heteroatoms. The van der Waals surface area contributed by atoms with Crippen LogP contribution < -0.4 is 0 Å². The number of aryl methyl sites for hydroxylation is 1. The van der Waals surface area contributed by atoms with Crippen LogP contribution in [-0.2, 0) is 6.18 Å². The molecule has 0 bridgehead atoms. The monoisotopic (exact) mass is 448 g/mol. The van der Waals surface area contributed by atoms with E-state index < -0.39 is 17.6 Å². The molecule has 32 heavy (non-hydrogen) atoms. The van der Waals surface area contributed by atoms with Gasteiger partial charge in [-0.15, -0.1) is 11.3 Å². The maximum atomic E-state index is 13.3. The number of alkyl halides is 3. The SMILES string of the molecule is [2H]C(C)(c1cccc(C)c1)c1ccnc(-c2cccc3c2sc2ccc(C(F)(F)F)cc23)c1. The fourth-order valence-electron chi connectivity index (χ4n) is 4.03. The molecule has 0 amide bonds. The van der Waals surface area contributed by atoms with Crippen LogP contribution in [0, 0.1) is 6.92 Å². The van der Waals surface area contributed by atoms with E-state index in [0.29, 0.717) is 11.1 Å². The Morgan fingerprint density at radius 3 is 2.47 bits per heavy atom. The third-order valence-electron chi connectivity index (χ3n) is 5.74. The van der Waals surface area contributed by atoms with Crippen molar-refractivity contribution < 1.29 is 14.5 Å². The number of nitrogens with zero attached hydrogens (tertiary/aromatic N) is 1. The highest BCUT2D eigenvalue weighted by atomic mass is 32.1. The van der Waals surface area contributed by atoms with Crippen molar-refractivity contribution >= 4 is 31.5 Å². The Kier molecular flexibility index (Phi) is 4.72. The summed E-state index contributed by atoms with van der Waals surface area (Å²) < 4.78 is 50.5. The lowest BCUT2D eigenvalue weighted by Gasteiger charge is -2.14. The molecule has 0 N–H and O–H groups in total. The molecule has 160 valence electrons. The molecule has 5 aromatic rings. The minimum Gasteiger partial charge on any atom is -0.256 e. The predicted octanol–water partition coefficient (Wildman–Crippen LogP) is 8.60. The zero-order chi connectivity index (χ0) is 23.4. The van der Waals surface area contributed by atoms with Gasteiger partial charge >= 0.3 is 6.18 Å². The lowest BCUT2D eigenvalue weighted by atomic mass is 9.92. The quantitative estimate of drug-likeness (QED) is 0.269. The summed E-state index contributed by atoms with van der Waals surface area (Å²) in [5, 5.41) is 1.37. The maximum Gasteiger partial charge on any atom is 0.416 e. The van der Waals surface area contributed by atoms with E-state index in [1.165, 1.54) is 23.5 Å². The molecule has 5 rings (SSSR count). The van der Waals surface area contributed by atoms with Gasteiger partial charge in [0.05, 0.1) is 11.3 Å². The standard InChI is InChI=1S/C27H20F3NS/c1-16-5-3-6-18(13-16)17(2)19-11-12-31-24(14-19)22-8-4-7-21-23-15-20(27(28,29)30)9-10-25(23)32-26(21)22/h3-15,17H,1-2H3/i17D. The summed E-state index contributed by atoms with van der Waals surface area (Å²) >= 11 is 1.46. The molecule has 0 fully saturated rings. The Morgan fingerprint density at radius 1 is 0.906 bits per heavy atom. The van der Waals surface area contributed by atoms with Crippen LogP contribution in [-0.4, -0.2) is 4.98 Å². The van der Waals surface area contributed by atoms with E-state index in [2.05, 4.69) is 4.98 Å². The second-order valence-corrected chi connectivity index (χ2v) is 8.97. The average Bonchev–Trinajstić information content (AvgIpc) is 3.17. The molecular weight excluding hydrogens is 427 g/mol. The molecule has 1 atom stereocenters. The average molecular weight is 449 g/mol. The van der Waals surface area contributed by atoms with Crippen LogP contribution in [0.4, 0.5) is 13.2 Å². The van der Waals surface area contributed by atoms with Gasteiger partial charge in [0.15, 0.2) is 0 Å².